The maximum absolute atomic E-state index is 12.3. The Labute approximate surface area is 132 Å². The lowest BCUT2D eigenvalue weighted by molar-refractivity contribution is -0.120. The maximum Gasteiger partial charge on any atom is 0.273 e. The first kappa shape index (κ1) is 18.2. The number of hydrogen-bond acceptors (Lipinski definition) is 3. The Morgan fingerprint density at radius 3 is 2.36 bits per heavy atom. The van der Waals surface area contributed by atoms with Crippen LogP contribution in [-0.4, -0.2) is 28.1 Å². The average Bonchev–Trinajstić information content (AvgIpc) is 2.89. The minimum atomic E-state index is -0.249. The van der Waals surface area contributed by atoms with E-state index in [0.29, 0.717) is 24.7 Å². The molecule has 1 heterocycles. The molecule has 0 saturated heterocycles. The molecule has 2 N–H and O–H groups in total. The number of carbonyl (C=O) groups is 2. The molecule has 0 aliphatic rings. The number of hydrogen-bond donors (Lipinski definition) is 2. The average molecular weight is 308 g/mol. The van der Waals surface area contributed by atoms with Crippen molar-refractivity contribution in [2.75, 3.05) is 11.9 Å². The first-order valence-corrected chi connectivity index (χ1v) is 8.09. The smallest absolute Gasteiger partial charge is 0.273 e. The quantitative estimate of drug-likeness (QED) is 0.775. The van der Waals surface area contributed by atoms with Crippen LogP contribution in [0.5, 0.6) is 0 Å². The van der Waals surface area contributed by atoms with Crippen molar-refractivity contribution < 1.29 is 9.59 Å². The molecule has 0 fully saturated rings. The summed E-state index contributed by atoms with van der Waals surface area (Å²) >= 11 is 0. The summed E-state index contributed by atoms with van der Waals surface area (Å²) in [5.41, 5.74) is 0.766. The predicted octanol–water partition coefficient (Wildman–Crippen LogP) is 2.66. The van der Waals surface area contributed by atoms with Crippen molar-refractivity contribution in [3.63, 3.8) is 0 Å². The predicted molar refractivity (Wildman–Crippen MR) is 87.8 cm³/mol. The normalized spacial score (nSPS) is 11.0. The van der Waals surface area contributed by atoms with Gasteiger partial charge in [-0.05, 0) is 25.7 Å². The fraction of sp³-hybridized carbons (Fsp3) is 0.688. The molecule has 0 aliphatic carbocycles. The van der Waals surface area contributed by atoms with Crippen molar-refractivity contribution in [1.29, 1.82) is 0 Å². The third kappa shape index (κ3) is 4.86. The molecule has 0 aromatic carbocycles. The summed E-state index contributed by atoms with van der Waals surface area (Å²) in [6.45, 7) is 11.2. The summed E-state index contributed by atoms with van der Waals surface area (Å²) in [6.07, 6.45) is 3.27. The molecule has 124 valence electrons. The van der Waals surface area contributed by atoms with Crippen LogP contribution in [-0.2, 0) is 11.3 Å². The summed E-state index contributed by atoms with van der Waals surface area (Å²) in [6, 6.07) is 0. The summed E-state index contributed by atoms with van der Waals surface area (Å²) in [5.74, 6) is 0.00989. The number of aryl methyl sites for hydroxylation is 1. The molecule has 6 nitrogen and oxygen atoms in total. The van der Waals surface area contributed by atoms with E-state index in [9.17, 15) is 9.59 Å². The van der Waals surface area contributed by atoms with Gasteiger partial charge in [0.2, 0.25) is 5.91 Å². The van der Waals surface area contributed by atoms with Crippen molar-refractivity contribution in [3.05, 3.63) is 11.9 Å². The number of nitrogens with one attached hydrogen (secondary N) is 2. The molecular weight excluding hydrogens is 280 g/mol. The van der Waals surface area contributed by atoms with E-state index in [1.165, 1.54) is 0 Å². The molecule has 2 amide bonds. The maximum atomic E-state index is 12.3. The summed E-state index contributed by atoms with van der Waals surface area (Å²) < 4.78 is 1.66. The van der Waals surface area contributed by atoms with E-state index in [2.05, 4.69) is 15.7 Å². The lowest BCUT2D eigenvalue weighted by atomic mass is 10.0. The number of aromatic nitrogens is 2. The van der Waals surface area contributed by atoms with E-state index in [-0.39, 0.29) is 23.4 Å². The van der Waals surface area contributed by atoms with Crippen molar-refractivity contribution in [3.8, 4) is 0 Å². The number of anilines is 1. The highest BCUT2D eigenvalue weighted by atomic mass is 16.2. The molecule has 6 heteroatoms. The van der Waals surface area contributed by atoms with Crippen LogP contribution >= 0.6 is 0 Å². The van der Waals surface area contributed by atoms with Crippen LogP contribution < -0.4 is 10.6 Å². The van der Waals surface area contributed by atoms with Crippen LogP contribution in [0.15, 0.2) is 6.20 Å². The minimum absolute atomic E-state index is 0.0449. The highest BCUT2D eigenvalue weighted by molar-refractivity contribution is 6.02. The van der Waals surface area contributed by atoms with E-state index in [0.717, 1.165) is 12.8 Å². The van der Waals surface area contributed by atoms with Crippen LogP contribution in [0, 0.1) is 11.8 Å². The molecule has 22 heavy (non-hydrogen) atoms. The van der Waals surface area contributed by atoms with E-state index in [1.54, 1.807) is 10.9 Å². The highest BCUT2D eigenvalue weighted by Gasteiger charge is 2.21. The minimum Gasteiger partial charge on any atom is -0.350 e. The molecule has 0 radical (unpaired) electrons. The van der Waals surface area contributed by atoms with Crippen LogP contribution in [0.4, 0.5) is 5.69 Å². The van der Waals surface area contributed by atoms with Crippen LogP contribution in [0.3, 0.4) is 0 Å². The van der Waals surface area contributed by atoms with E-state index >= 15 is 0 Å². The zero-order valence-corrected chi connectivity index (χ0v) is 14.3. The van der Waals surface area contributed by atoms with E-state index in [1.807, 2.05) is 34.6 Å². The first-order chi connectivity index (χ1) is 10.4. The van der Waals surface area contributed by atoms with Crippen molar-refractivity contribution >= 4 is 17.5 Å². The fourth-order valence-electron chi connectivity index (χ4n) is 2.12. The Balaban J connectivity index is 2.91. The molecule has 0 atom stereocenters. The Morgan fingerprint density at radius 2 is 1.86 bits per heavy atom. The second kappa shape index (κ2) is 8.56. The lowest BCUT2D eigenvalue weighted by Gasteiger charge is -2.12. The molecule has 0 aliphatic heterocycles. The summed E-state index contributed by atoms with van der Waals surface area (Å²) in [5, 5.41) is 9.95. The summed E-state index contributed by atoms with van der Waals surface area (Å²) in [4.78, 5) is 24.5. The van der Waals surface area contributed by atoms with Gasteiger partial charge in [0.25, 0.3) is 5.91 Å². The van der Waals surface area contributed by atoms with Gasteiger partial charge in [-0.15, -0.1) is 0 Å². The van der Waals surface area contributed by atoms with Gasteiger partial charge >= 0.3 is 0 Å². The Kier molecular flexibility index (Phi) is 7.08. The number of amides is 2. The molecule has 0 unspecified atom stereocenters. The van der Waals surface area contributed by atoms with Gasteiger partial charge in [-0.2, -0.15) is 5.10 Å². The van der Waals surface area contributed by atoms with Gasteiger partial charge in [-0.25, -0.2) is 0 Å². The van der Waals surface area contributed by atoms with Gasteiger partial charge in [-0.3, -0.25) is 14.3 Å². The Bertz CT molecular complexity index is 504. The Morgan fingerprint density at radius 1 is 1.23 bits per heavy atom. The molecule has 1 rings (SSSR count). The van der Waals surface area contributed by atoms with Gasteiger partial charge < -0.3 is 10.6 Å². The van der Waals surface area contributed by atoms with Gasteiger partial charge in [0.15, 0.2) is 5.69 Å². The molecule has 0 bridgehead atoms. The lowest BCUT2D eigenvalue weighted by Crippen LogP contribution is -2.29. The number of rotatable bonds is 8. The van der Waals surface area contributed by atoms with Crippen LogP contribution in [0.2, 0.25) is 0 Å². The monoisotopic (exact) mass is 308 g/mol. The summed E-state index contributed by atoms with van der Waals surface area (Å²) in [7, 11) is 0. The van der Waals surface area contributed by atoms with Gasteiger partial charge in [0.1, 0.15) is 0 Å². The van der Waals surface area contributed by atoms with Crippen molar-refractivity contribution in [2.45, 2.75) is 54.0 Å². The zero-order chi connectivity index (χ0) is 16.7. The largest absolute Gasteiger partial charge is 0.350 e. The fourth-order valence-corrected chi connectivity index (χ4v) is 2.12. The molecule has 1 aromatic heterocycles. The molecule has 0 spiro atoms. The van der Waals surface area contributed by atoms with Gasteiger partial charge in [0, 0.05) is 25.2 Å². The highest BCUT2D eigenvalue weighted by Crippen LogP contribution is 2.17. The van der Waals surface area contributed by atoms with Crippen LogP contribution in [0.25, 0.3) is 0 Å². The van der Waals surface area contributed by atoms with E-state index < -0.39 is 0 Å². The molecular formula is C16H28N4O2. The SMILES string of the molecule is CCC(CC)C(=O)Nc1cn(CC)nc1C(=O)NCC(C)C. The topological polar surface area (TPSA) is 76.0 Å². The standard InChI is InChI=1S/C16H28N4O2/c1-6-12(7-2)15(21)18-13-10-20(8-3)19-14(13)16(22)17-9-11(4)5/h10-12H,6-9H2,1-5H3,(H,17,22)(H,18,21). The second-order valence-corrected chi connectivity index (χ2v) is 5.85. The molecule has 0 saturated carbocycles. The number of carbonyl (C=O) groups excluding carboxylic acids is 2. The van der Waals surface area contributed by atoms with Crippen LogP contribution in [0.1, 0.15) is 57.9 Å². The number of nitrogens with zero attached hydrogens (tertiary/aromatic N) is 2. The third-order valence-electron chi connectivity index (χ3n) is 3.59. The third-order valence-corrected chi connectivity index (χ3v) is 3.59. The second-order valence-electron chi connectivity index (χ2n) is 5.85. The van der Waals surface area contributed by atoms with Gasteiger partial charge in [0.05, 0.1) is 5.69 Å². The zero-order valence-electron chi connectivity index (χ0n) is 14.3. The van der Waals surface area contributed by atoms with Crippen molar-refractivity contribution in [2.24, 2.45) is 11.8 Å². The molecule has 1 aromatic rings. The van der Waals surface area contributed by atoms with Gasteiger partial charge in [-0.1, -0.05) is 27.7 Å². The first-order valence-electron chi connectivity index (χ1n) is 8.09. The Hall–Kier alpha value is -1.85. The van der Waals surface area contributed by atoms with E-state index in [4.69, 9.17) is 0 Å². The van der Waals surface area contributed by atoms with Crippen molar-refractivity contribution in [1.82, 2.24) is 15.1 Å².